The number of aromatic nitrogens is 2. The maximum atomic E-state index is 11.8. The number of rotatable bonds is 3. The van der Waals surface area contributed by atoms with E-state index in [4.69, 9.17) is 5.73 Å². The molecule has 1 rings (SSSR count). The highest BCUT2D eigenvalue weighted by Gasteiger charge is 2.27. The number of hydrogen-bond donors (Lipinski definition) is 2. The Labute approximate surface area is 93.2 Å². The van der Waals surface area contributed by atoms with Crippen molar-refractivity contribution in [3.63, 3.8) is 0 Å². The molecule has 17 heavy (non-hydrogen) atoms. The van der Waals surface area contributed by atoms with Crippen molar-refractivity contribution in [1.29, 1.82) is 0 Å². The molecule has 6 nitrogen and oxygen atoms in total. The van der Waals surface area contributed by atoms with Crippen molar-refractivity contribution in [2.24, 2.45) is 0 Å². The van der Waals surface area contributed by atoms with Crippen LogP contribution in [0.3, 0.4) is 0 Å². The molecule has 94 valence electrons. The van der Waals surface area contributed by atoms with Gasteiger partial charge in [-0.15, -0.1) is 0 Å². The minimum Gasteiger partial charge on any atom is -0.397 e. The lowest BCUT2D eigenvalue weighted by atomic mass is 10.4. The number of carbonyl (C=O) groups is 1. The van der Waals surface area contributed by atoms with Crippen LogP contribution in [0.1, 0.15) is 0 Å². The number of hydrogen-bond acceptors (Lipinski definition) is 4. The van der Waals surface area contributed by atoms with E-state index in [-0.39, 0.29) is 5.69 Å². The van der Waals surface area contributed by atoms with Crippen LogP contribution in [0.4, 0.5) is 18.9 Å². The smallest absolute Gasteiger partial charge is 0.397 e. The molecule has 9 heteroatoms. The monoisotopic (exact) mass is 250 g/mol. The number of nitrogens with two attached hydrogens (primary N) is 1. The summed E-state index contributed by atoms with van der Waals surface area (Å²) in [6.45, 7) is -2.04. The van der Waals surface area contributed by atoms with Crippen LogP contribution in [-0.4, -0.2) is 28.4 Å². The molecule has 0 atom stereocenters. The van der Waals surface area contributed by atoms with Gasteiger partial charge in [0.1, 0.15) is 13.1 Å². The van der Waals surface area contributed by atoms with Crippen LogP contribution in [-0.2, 0) is 11.3 Å². The molecule has 0 aromatic carbocycles. The first-order valence-corrected chi connectivity index (χ1v) is 4.44. The Hall–Kier alpha value is -2.06. The van der Waals surface area contributed by atoms with Crippen LogP contribution in [0.15, 0.2) is 17.1 Å². The third kappa shape index (κ3) is 4.53. The molecular formula is C8H9F3N4O2. The number of anilines is 1. The van der Waals surface area contributed by atoms with E-state index in [0.29, 0.717) is 4.68 Å². The first-order chi connectivity index (χ1) is 7.78. The summed E-state index contributed by atoms with van der Waals surface area (Å²) in [6.07, 6.45) is -3.37. The van der Waals surface area contributed by atoms with Crippen molar-refractivity contribution in [2.75, 3.05) is 12.3 Å². The minimum atomic E-state index is -4.49. The Kier molecular flexibility index (Phi) is 3.71. The topological polar surface area (TPSA) is 90.0 Å². The molecule has 0 radical (unpaired) electrons. The van der Waals surface area contributed by atoms with E-state index in [0.717, 1.165) is 12.3 Å². The third-order valence-electron chi connectivity index (χ3n) is 1.67. The van der Waals surface area contributed by atoms with Gasteiger partial charge in [-0.25, -0.2) is 4.68 Å². The third-order valence-corrected chi connectivity index (χ3v) is 1.67. The van der Waals surface area contributed by atoms with Crippen LogP contribution in [0.25, 0.3) is 0 Å². The highest BCUT2D eigenvalue weighted by molar-refractivity contribution is 5.75. The van der Waals surface area contributed by atoms with Crippen LogP contribution in [0, 0.1) is 0 Å². The summed E-state index contributed by atoms with van der Waals surface area (Å²) in [5.41, 5.74) is 4.70. The number of nitrogen functional groups attached to an aromatic ring is 1. The molecule has 0 aliphatic heterocycles. The molecule has 0 aliphatic carbocycles. The molecule has 0 aliphatic rings. The average molecular weight is 250 g/mol. The molecule has 0 bridgehead atoms. The zero-order chi connectivity index (χ0) is 13.1. The molecule has 0 spiro atoms. The van der Waals surface area contributed by atoms with Gasteiger partial charge in [-0.3, -0.25) is 9.59 Å². The van der Waals surface area contributed by atoms with E-state index in [1.165, 1.54) is 0 Å². The standard InChI is InChI=1S/C8H9F3N4O2/c9-8(10,11)4-13-6(16)3-15-7(17)1-5(12)2-14-15/h1-2H,3-4,12H2,(H,13,16). The van der Waals surface area contributed by atoms with Gasteiger partial charge in [0.2, 0.25) is 5.91 Å². The van der Waals surface area contributed by atoms with Gasteiger partial charge in [0.15, 0.2) is 0 Å². The van der Waals surface area contributed by atoms with Crippen LogP contribution >= 0.6 is 0 Å². The Morgan fingerprint density at radius 3 is 2.71 bits per heavy atom. The fraction of sp³-hybridized carbons (Fsp3) is 0.375. The number of nitrogens with one attached hydrogen (secondary N) is 1. The molecule has 3 N–H and O–H groups in total. The SMILES string of the molecule is Nc1cnn(CC(=O)NCC(F)(F)F)c(=O)c1. The zero-order valence-electron chi connectivity index (χ0n) is 8.49. The lowest BCUT2D eigenvalue weighted by molar-refractivity contribution is -0.138. The lowest BCUT2D eigenvalue weighted by Crippen LogP contribution is -2.38. The summed E-state index contributed by atoms with van der Waals surface area (Å²) in [4.78, 5) is 22.2. The summed E-state index contributed by atoms with van der Waals surface area (Å²) in [5, 5.41) is 5.12. The van der Waals surface area contributed by atoms with Gasteiger partial charge >= 0.3 is 6.18 Å². The van der Waals surface area contributed by atoms with E-state index in [9.17, 15) is 22.8 Å². The first kappa shape index (κ1) is 13.0. The predicted molar refractivity (Wildman–Crippen MR) is 52.0 cm³/mol. The molecule has 0 saturated heterocycles. The minimum absolute atomic E-state index is 0.113. The zero-order valence-corrected chi connectivity index (χ0v) is 8.49. The van der Waals surface area contributed by atoms with Gasteiger partial charge in [-0.2, -0.15) is 18.3 Å². The summed E-state index contributed by atoms with van der Waals surface area (Å²) >= 11 is 0. The summed E-state index contributed by atoms with van der Waals surface area (Å²) < 4.78 is 36.0. The summed E-state index contributed by atoms with van der Waals surface area (Å²) in [7, 11) is 0. The maximum Gasteiger partial charge on any atom is 0.405 e. The van der Waals surface area contributed by atoms with Crippen LogP contribution in [0.5, 0.6) is 0 Å². The van der Waals surface area contributed by atoms with Gasteiger partial charge in [0.05, 0.1) is 11.9 Å². The number of alkyl halides is 3. The van der Waals surface area contributed by atoms with Crippen LogP contribution < -0.4 is 16.6 Å². The van der Waals surface area contributed by atoms with Gasteiger partial charge in [0, 0.05) is 6.07 Å². The van der Waals surface area contributed by atoms with Crippen molar-refractivity contribution < 1.29 is 18.0 Å². The molecular weight excluding hydrogens is 241 g/mol. The molecule has 1 amide bonds. The van der Waals surface area contributed by atoms with E-state index < -0.39 is 30.7 Å². The van der Waals surface area contributed by atoms with Gasteiger partial charge in [-0.05, 0) is 0 Å². The predicted octanol–water partition coefficient (Wildman–Crippen LogP) is -0.496. The second kappa shape index (κ2) is 4.85. The van der Waals surface area contributed by atoms with Gasteiger partial charge in [0.25, 0.3) is 5.56 Å². The quantitative estimate of drug-likeness (QED) is 0.757. The second-order valence-corrected chi connectivity index (χ2v) is 3.18. The second-order valence-electron chi connectivity index (χ2n) is 3.18. The Balaban J connectivity index is 2.60. The van der Waals surface area contributed by atoms with E-state index in [1.54, 1.807) is 5.32 Å². The number of halogens is 3. The lowest BCUT2D eigenvalue weighted by Gasteiger charge is -2.08. The highest BCUT2D eigenvalue weighted by Crippen LogP contribution is 2.11. The molecule has 0 unspecified atom stereocenters. The summed E-state index contributed by atoms with van der Waals surface area (Å²) in [5.74, 6) is -0.957. The van der Waals surface area contributed by atoms with E-state index >= 15 is 0 Å². The fourth-order valence-corrected chi connectivity index (χ4v) is 0.957. The molecule has 0 saturated carbocycles. The molecule has 1 aromatic heterocycles. The summed E-state index contributed by atoms with van der Waals surface area (Å²) in [6, 6.07) is 1.02. The normalized spacial score (nSPS) is 11.2. The van der Waals surface area contributed by atoms with Gasteiger partial charge in [-0.1, -0.05) is 0 Å². The largest absolute Gasteiger partial charge is 0.405 e. The average Bonchev–Trinajstić information content (AvgIpc) is 2.18. The number of amides is 1. The first-order valence-electron chi connectivity index (χ1n) is 4.44. The van der Waals surface area contributed by atoms with Crippen molar-refractivity contribution in [3.8, 4) is 0 Å². The Morgan fingerprint density at radius 1 is 1.53 bits per heavy atom. The Morgan fingerprint density at radius 2 is 2.18 bits per heavy atom. The molecule has 1 aromatic rings. The fourth-order valence-electron chi connectivity index (χ4n) is 0.957. The van der Waals surface area contributed by atoms with Gasteiger partial charge < -0.3 is 11.1 Å². The number of nitrogens with zero attached hydrogens (tertiary/aromatic N) is 2. The van der Waals surface area contributed by atoms with E-state index in [1.807, 2.05) is 0 Å². The van der Waals surface area contributed by atoms with Crippen molar-refractivity contribution >= 4 is 11.6 Å². The Bertz CT molecular complexity index is 469. The maximum absolute atomic E-state index is 11.8. The van der Waals surface area contributed by atoms with Crippen molar-refractivity contribution in [2.45, 2.75) is 12.7 Å². The van der Waals surface area contributed by atoms with Crippen molar-refractivity contribution in [1.82, 2.24) is 15.1 Å². The van der Waals surface area contributed by atoms with Crippen molar-refractivity contribution in [3.05, 3.63) is 22.6 Å². The van der Waals surface area contributed by atoms with E-state index in [2.05, 4.69) is 5.10 Å². The number of carbonyl (C=O) groups excluding carboxylic acids is 1. The van der Waals surface area contributed by atoms with Crippen LogP contribution in [0.2, 0.25) is 0 Å². The molecule has 1 heterocycles. The molecule has 0 fully saturated rings. The highest BCUT2D eigenvalue weighted by atomic mass is 19.4.